The van der Waals surface area contributed by atoms with Crippen LogP contribution < -0.4 is 5.32 Å². The number of amides is 1. The summed E-state index contributed by atoms with van der Waals surface area (Å²) in [4.78, 5) is 13.7. The fraction of sp³-hybridized carbons (Fsp3) is 0.417. The molecule has 0 unspecified atom stereocenters. The molecule has 1 aliphatic rings. The fourth-order valence-electron chi connectivity index (χ4n) is 1.74. The van der Waals surface area contributed by atoms with Crippen LogP contribution in [0.1, 0.15) is 0 Å². The second kappa shape index (κ2) is 6.13. The monoisotopic (exact) mass is 272 g/mol. The molecular formula is C12H14ClFN2O2. The largest absolute Gasteiger partial charge is 0.379 e. The van der Waals surface area contributed by atoms with E-state index in [4.69, 9.17) is 16.3 Å². The Morgan fingerprint density at radius 3 is 2.83 bits per heavy atom. The van der Waals surface area contributed by atoms with Gasteiger partial charge in [0.1, 0.15) is 5.82 Å². The van der Waals surface area contributed by atoms with E-state index >= 15 is 0 Å². The molecule has 2 rings (SSSR count). The number of hydrogen-bond acceptors (Lipinski definition) is 3. The minimum atomic E-state index is -0.530. The molecule has 1 N–H and O–H groups in total. The van der Waals surface area contributed by atoms with Gasteiger partial charge in [0.05, 0.1) is 25.4 Å². The Labute approximate surface area is 110 Å². The van der Waals surface area contributed by atoms with Crippen molar-refractivity contribution < 1.29 is 13.9 Å². The van der Waals surface area contributed by atoms with Gasteiger partial charge in [-0.25, -0.2) is 4.39 Å². The molecular weight excluding hydrogens is 259 g/mol. The number of rotatable bonds is 3. The number of anilines is 1. The summed E-state index contributed by atoms with van der Waals surface area (Å²) < 4.78 is 18.6. The van der Waals surface area contributed by atoms with Gasteiger partial charge in [-0.3, -0.25) is 9.69 Å². The van der Waals surface area contributed by atoms with E-state index in [0.717, 1.165) is 13.1 Å². The molecule has 0 bridgehead atoms. The van der Waals surface area contributed by atoms with Crippen molar-refractivity contribution in [3.05, 3.63) is 29.0 Å². The van der Waals surface area contributed by atoms with E-state index in [0.29, 0.717) is 18.2 Å². The van der Waals surface area contributed by atoms with Crippen LogP contribution in [-0.2, 0) is 9.53 Å². The zero-order chi connectivity index (χ0) is 13.0. The standard InChI is InChI=1S/C12H14ClFN2O2/c13-9-1-2-11(10(14)7-9)15-12(17)8-16-3-5-18-6-4-16/h1-2,7H,3-6,8H2,(H,15,17). The molecule has 0 radical (unpaired) electrons. The van der Waals surface area contributed by atoms with Crippen LogP contribution in [0.5, 0.6) is 0 Å². The number of nitrogens with one attached hydrogen (secondary N) is 1. The summed E-state index contributed by atoms with van der Waals surface area (Å²) in [5, 5.41) is 2.83. The van der Waals surface area contributed by atoms with E-state index in [1.54, 1.807) is 0 Å². The molecule has 0 spiro atoms. The summed E-state index contributed by atoms with van der Waals surface area (Å²) in [6.07, 6.45) is 0. The minimum Gasteiger partial charge on any atom is -0.379 e. The first-order valence-electron chi connectivity index (χ1n) is 5.70. The minimum absolute atomic E-state index is 0.151. The zero-order valence-electron chi connectivity index (χ0n) is 9.79. The molecule has 0 aromatic heterocycles. The van der Waals surface area contributed by atoms with Crippen LogP contribution in [0, 0.1) is 5.82 Å². The van der Waals surface area contributed by atoms with Crippen LogP contribution in [-0.4, -0.2) is 43.7 Å². The number of halogens is 2. The highest BCUT2D eigenvalue weighted by atomic mass is 35.5. The molecule has 1 aromatic rings. The highest BCUT2D eigenvalue weighted by Crippen LogP contribution is 2.18. The molecule has 18 heavy (non-hydrogen) atoms. The van der Waals surface area contributed by atoms with E-state index in [1.807, 2.05) is 4.90 Å². The van der Waals surface area contributed by atoms with Gasteiger partial charge in [0.25, 0.3) is 0 Å². The van der Waals surface area contributed by atoms with Gasteiger partial charge in [0.15, 0.2) is 0 Å². The van der Waals surface area contributed by atoms with Gasteiger partial charge in [-0.15, -0.1) is 0 Å². The lowest BCUT2D eigenvalue weighted by molar-refractivity contribution is -0.118. The third kappa shape index (κ3) is 3.66. The highest BCUT2D eigenvalue weighted by Gasteiger charge is 2.15. The van der Waals surface area contributed by atoms with Crippen LogP contribution in [0.3, 0.4) is 0 Å². The van der Waals surface area contributed by atoms with Crippen LogP contribution in [0.25, 0.3) is 0 Å². The molecule has 0 atom stereocenters. The highest BCUT2D eigenvalue weighted by molar-refractivity contribution is 6.30. The van der Waals surface area contributed by atoms with E-state index in [1.165, 1.54) is 18.2 Å². The van der Waals surface area contributed by atoms with Gasteiger partial charge < -0.3 is 10.1 Å². The topological polar surface area (TPSA) is 41.6 Å². The number of carbonyl (C=O) groups is 1. The predicted octanol–water partition coefficient (Wildman–Crippen LogP) is 1.75. The molecule has 98 valence electrons. The van der Waals surface area contributed by atoms with Gasteiger partial charge in [-0.1, -0.05) is 11.6 Å². The van der Waals surface area contributed by atoms with Crippen LogP contribution in [0.4, 0.5) is 10.1 Å². The number of ether oxygens (including phenoxy) is 1. The van der Waals surface area contributed by atoms with Crippen molar-refractivity contribution in [2.75, 3.05) is 38.2 Å². The number of nitrogens with zero attached hydrogens (tertiary/aromatic N) is 1. The van der Waals surface area contributed by atoms with Crippen LogP contribution >= 0.6 is 11.6 Å². The second-order valence-corrected chi connectivity index (χ2v) is 4.50. The Hall–Kier alpha value is -1.17. The molecule has 1 saturated heterocycles. The summed E-state index contributed by atoms with van der Waals surface area (Å²) in [6, 6.07) is 4.16. The molecule has 1 amide bonds. The lowest BCUT2D eigenvalue weighted by atomic mass is 10.3. The molecule has 6 heteroatoms. The average Bonchev–Trinajstić information content (AvgIpc) is 2.34. The van der Waals surface area contributed by atoms with Crippen molar-refractivity contribution in [3.63, 3.8) is 0 Å². The maximum absolute atomic E-state index is 13.5. The van der Waals surface area contributed by atoms with Gasteiger partial charge in [-0.2, -0.15) is 0 Å². The summed E-state index contributed by atoms with van der Waals surface area (Å²) in [5.74, 6) is -0.768. The summed E-state index contributed by atoms with van der Waals surface area (Å²) in [5.41, 5.74) is 0.151. The first-order valence-corrected chi connectivity index (χ1v) is 6.08. The smallest absolute Gasteiger partial charge is 0.238 e. The molecule has 0 saturated carbocycles. The molecule has 1 aliphatic heterocycles. The third-order valence-electron chi connectivity index (χ3n) is 2.68. The van der Waals surface area contributed by atoms with Gasteiger partial charge >= 0.3 is 0 Å². The van der Waals surface area contributed by atoms with E-state index in [-0.39, 0.29) is 18.1 Å². The van der Waals surface area contributed by atoms with E-state index < -0.39 is 5.82 Å². The Balaban J connectivity index is 1.90. The maximum atomic E-state index is 13.5. The Bertz CT molecular complexity index is 436. The Kier molecular flexibility index (Phi) is 4.52. The molecule has 1 fully saturated rings. The Morgan fingerprint density at radius 1 is 1.44 bits per heavy atom. The van der Waals surface area contributed by atoms with Crippen LogP contribution in [0.15, 0.2) is 18.2 Å². The summed E-state index contributed by atoms with van der Waals surface area (Å²) in [7, 11) is 0. The van der Waals surface area contributed by atoms with Gasteiger partial charge in [0.2, 0.25) is 5.91 Å². The molecule has 4 nitrogen and oxygen atoms in total. The number of morpholine rings is 1. The van der Waals surface area contributed by atoms with Gasteiger partial charge in [0, 0.05) is 18.1 Å². The van der Waals surface area contributed by atoms with Crippen molar-refractivity contribution in [1.82, 2.24) is 4.90 Å². The average molecular weight is 273 g/mol. The quantitative estimate of drug-likeness (QED) is 0.911. The maximum Gasteiger partial charge on any atom is 0.238 e. The summed E-state index contributed by atoms with van der Waals surface area (Å²) in [6.45, 7) is 2.93. The van der Waals surface area contributed by atoms with Crippen molar-refractivity contribution in [2.45, 2.75) is 0 Å². The predicted molar refractivity (Wildman–Crippen MR) is 67.3 cm³/mol. The molecule has 1 heterocycles. The lowest BCUT2D eigenvalue weighted by Gasteiger charge is -2.25. The normalized spacial score (nSPS) is 16.6. The third-order valence-corrected chi connectivity index (χ3v) is 2.91. The first-order chi connectivity index (χ1) is 8.65. The summed E-state index contributed by atoms with van der Waals surface area (Å²) >= 11 is 5.63. The van der Waals surface area contributed by atoms with Gasteiger partial charge in [-0.05, 0) is 18.2 Å². The van der Waals surface area contributed by atoms with E-state index in [2.05, 4.69) is 5.32 Å². The van der Waals surface area contributed by atoms with Crippen molar-refractivity contribution in [2.24, 2.45) is 0 Å². The van der Waals surface area contributed by atoms with Crippen molar-refractivity contribution in [3.8, 4) is 0 Å². The van der Waals surface area contributed by atoms with Crippen molar-refractivity contribution in [1.29, 1.82) is 0 Å². The Morgan fingerprint density at radius 2 is 2.17 bits per heavy atom. The van der Waals surface area contributed by atoms with E-state index in [9.17, 15) is 9.18 Å². The van der Waals surface area contributed by atoms with Crippen LogP contribution in [0.2, 0.25) is 5.02 Å². The fourth-order valence-corrected chi connectivity index (χ4v) is 1.90. The second-order valence-electron chi connectivity index (χ2n) is 4.06. The lowest BCUT2D eigenvalue weighted by Crippen LogP contribution is -2.41. The van der Waals surface area contributed by atoms with Crippen molar-refractivity contribution >= 4 is 23.2 Å². The molecule has 0 aliphatic carbocycles. The molecule has 1 aromatic carbocycles. The first kappa shape index (κ1) is 13.3. The SMILES string of the molecule is O=C(CN1CCOCC1)Nc1ccc(Cl)cc1F. The number of benzene rings is 1. The zero-order valence-corrected chi connectivity index (χ0v) is 10.5. The number of hydrogen-bond donors (Lipinski definition) is 1. The number of carbonyl (C=O) groups excluding carboxylic acids is 1.